The Balaban J connectivity index is 1.82. The molecule has 0 aliphatic rings. The Morgan fingerprint density at radius 3 is 2.62 bits per heavy atom. The van der Waals surface area contributed by atoms with Gasteiger partial charge in [0.1, 0.15) is 22.2 Å². The maximum absolute atomic E-state index is 14.1. The van der Waals surface area contributed by atoms with Crippen molar-refractivity contribution < 1.29 is 31.7 Å². The van der Waals surface area contributed by atoms with Crippen molar-refractivity contribution in [3.8, 4) is 17.3 Å². The van der Waals surface area contributed by atoms with Crippen LogP contribution in [0, 0.1) is 22.9 Å². The SMILES string of the molecule is Cc1c(C(=O)NCc2ccco2)nn(-c2cccc(F)c2)c1Oc1ccc([N+](=O)[O-])cc1S(=O)(=O)NC(C)C. The van der Waals surface area contributed by atoms with E-state index in [1.165, 1.54) is 31.4 Å². The summed E-state index contributed by atoms with van der Waals surface area (Å²) >= 11 is 0. The first-order chi connectivity index (χ1) is 18.5. The highest BCUT2D eigenvalue weighted by molar-refractivity contribution is 7.89. The maximum Gasteiger partial charge on any atom is 0.272 e. The van der Waals surface area contributed by atoms with Crippen molar-refractivity contribution in [2.24, 2.45) is 0 Å². The molecule has 2 aromatic carbocycles. The monoisotopic (exact) mass is 557 g/mol. The molecule has 0 fully saturated rings. The number of nitrogens with one attached hydrogen (secondary N) is 2. The van der Waals surface area contributed by atoms with Crippen LogP contribution in [0.15, 0.2) is 70.2 Å². The van der Waals surface area contributed by atoms with Gasteiger partial charge in [0, 0.05) is 23.7 Å². The molecule has 0 aliphatic heterocycles. The second-order valence-corrected chi connectivity index (χ2v) is 10.4. The Morgan fingerprint density at radius 1 is 1.21 bits per heavy atom. The zero-order chi connectivity index (χ0) is 28.3. The van der Waals surface area contributed by atoms with E-state index in [0.717, 1.165) is 28.9 Å². The largest absolute Gasteiger partial charge is 0.467 e. The van der Waals surface area contributed by atoms with E-state index in [4.69, 9.17) is 9.15 Å². The van der Waals surface area contributed by atoms with Crippen LogP contribution in [0.3, 0.4) is 0 Å². The number of furan rings is 1. The molecule has 2 N–H and O–H groups in total. The van der Waals surface area contributed by atoms with Crippen LogP contribution in [0.5, 0.6) is 11.6 Å². The molecule has 1 amide bonds. The minimum Gasteiger partial charge on any atom is -0.467 e. The first-order valence-corrected chi connectivity index (χ1v) is 13.1. The van der Waals surface area contributed by atoms with Gasteiger partial charge >= 0.3 is 0 Å². The van der Waals surface area contributed by atoms with Crippen molar-refractivity contribution in [3.63, 3.8) is 0 Å². The predicted octanol–water partition coefficient (Wildman–Crippen LogP) is 4.23. The van der Waals surface area contributed by atoms with Gasteiger partial charge in [-0.2, -0.15) is 9.78 Å². The van der Waals surface area contributed by atoms with Gasteiger partial charge in [-0.1, -0.05) is 6.07 Å². The Bertz CT molecular complexity index is 1630. The van der Waals surface area contributed by atoms with Gasteiger partial charge in [0.2, 0.25) is 15.9 Å². The molecular weight excluding hydrogens is 533 g/mol. The molecule has 2 heterocycles. The van der Waals surface area contributed by atoms with E-state index in [-0.39, 0.29) is 35.1 Å². The minimum atomic E-state index is -4.27. The fraction of sp³-hybridized carbons (Fsp3) is 0.200. The number of aromatic nitrogens is 2. The van der Waals surface area contributed by atoms with E-state index >= 15 is 0 Å². The molecule has 0 radical (unpaired) electrons. The van der Waals surface area contributed by atoms with Crippen molar-refractivity contribution in [1.29, 1.82) is 0 Å². The Labute approximate surface area is 222 Å². The highest BCUT2D eigenvalue weighted by atomic mass is 32.2. The predicted molar refractivity (Wildman–Crippen MR) is 137 cm³/mol. The zero-order valence-corrected chi connectivity index (χ0v) is 21.9. The van der Waals surface area contributed by atoms with Crippen LogP contribution in [0.1, 0.15) is 35.7 Å². The number of benzene rings is 2. The van der Waals surface area contributed by atoms with E-state index < -0.39 is 43.3 Å². The van der Waals surface area contributed by atoms with Crippen LogP contribution < -0.4 is 14.8 Å². The number of amides is 1. The smallest absolute Gasteiger partial charge is 0.272 e. The highest BCUT2D eigenvalue weighted by Gasteiger charge is 2.28. The van der Waals surface area contributed by atoms with E-state index in [1.54, 1.807) is 26.0 Å². The lowest BCUT2D eigenvalue weighted by molar-refractivity contribution is -0.385. The maximum atomic E-state index is 14.1. The lowest BCUT2D eigenvalue weighted by Gasteiger charge is -2.15. The van der Waals surface area contributed by atoms with Crippen LogP contribution in [-0.2, 0) is 16.6 Å². The number of nitro benzene ring substituents is 1. The summed E-state index contributed by atoms with van der Waals surface area (Å²) in [4.78, 5) is 23.1. The van der Waals surface area contributed by atoms with Gasteiger partial charge in [-0.15, -0.1) is 0 Å². The van der Waals surface area contributed by atoms with Crippen LogP contribution >= 0.6 is 0 Å². The molecule has 0 saturated carbocycles. The molecule has 39 heavy (non-hydrogen) atoms. The fourth-order valence-corrected chi connectivity index (χ4v) is 5.04. The number of sulfonamides is 1. The molecule has 0 spiro atoms. The molecule has 0 atom stereocenters. The van der Waals surface area contributed by atoms with Gasteiger partial charge in [0.15, 0.2) is 5.69 Å². The third-order valence-electron chi connectivity index (χ3n) is 5.36. The van der Waals surface area contributed by atoms with Gasteiger partial charge in [-0.25, -0.2) is 17.5 Å². The second kappa shape index (κ2) is 11.0. The van der Waals surface area contributed by atoms with Gasteiger partial charge < -0.3 is 14.5 Å². The second-order valence-electron chi connectivity index (χ2n) is 8.70. The summed E-state index contributed by atoms with van der Waals surface area (Å²) in [6.07, 6.45) is 1.46. The number of ether oxygens (including phenoxy) is 1. The average Bonchev–Trinajstić information content (AvgIpc) is 3.50. The summed E-state index contributed by atoms with van der Waals surface area (Å²) < 4.78 is 55.0. The third kappa shape index (κ3) is 6.13. The number of halogens is 1. The normalized spacial score (nSPS) is 11.5. The number of carbonyl (C=O) groups excluding carboxylic acids is 1. The van der Waals surface area contributed by atoms with E-state index in [9.17, 15) is 27.7 Å². The van der Waals surface area contributed by atoms with Gasteiger partial charge in [-0.3, -0.25) is 14.9 Å². The summed E-state index contributed by atoms with van der Waals surface area (Å²) in [6, 6.07) is 11.2. The quantitative estimate of drug-likeness (QED) is 0.216. The molecule has 14 heteroatoms. The molecule has 204 valence electrons. The van der Waals surface area contributed by atoms with Crippen molar-refractivity contribution in [1.82, 2.24) is 19.8 Å². The van der Waals surface area contributed by atoms with Crippen LogP contribution in [0.4, 0.5) is 10.1 Å². The van der Waals surface area contributed by atoms with Crippen molar-refractivity contribution in [2.75, 3.05) is 0 Å². The molecule has 4 aromatic rings. The summed E-state index contributed by atoms with van der Waals surface area (Å²) in [5.74, 6) is -1.05. The van der Waals surface area contributed by atoms with Crippen LogP contribution in [-0.4, -0.2) is 35.1 Å². The number of hydrogen-bond acceptors (Lipinski definition) is 8. The Morgan fingerprint density at radius 2 is 1.97 bits per heavy atom. The molecule has 0 saturated heterocycles. The van der Waals surface area contributed by atoms with E-state index in [1.807, 2.05) is 0 Å². The number of non-ortho nitro benzene ring substituents is 1. The van der Waals surface area contributed by atoms with Gasteiger partial charge in [-0.05, 0) is 57.2 Å². The first kappa shape index (κ1) is 27.5. The van der Waals surface area contributed by atoms with Crippen LogP contribution in [0.25, 0.3) is 5.69 Å². The average molecular weight is 558 g/mol. The summed E-state index contributed by atoms with van der Waals surface area (Å²) in [6.45, 7) is 4.77. The lowest BCUT2D eigenvalue weighted by Crippen LogP contribution is -2.30. The number of nitro groups is 1. The first-order valence-electron chi connectivity index (χ1n) is 11.6. The van der Waals surface area contributed by atoms with Gasteiger partial charge in [0.05, 0.1) is 23.4 Å². The molecule has 0 aliphatic carbocycles. The molecule has 4 rings (SSSR count). The molecule has 2 aromatic heterocycles. The third-order valence-corrected chi connectivity index (χ3v) is 7.04. The fourth-order valence-electron chi connectivity index (χ4n) is 3.65. The Hall–Kier alpha value is -4.56. The van der Waals surface area contributed by atoms with Crippen molar-refractivity contribution in [3.05, 3.63) is 93.8 Å². The molecule has 12 nitrogen and oxygen atoms in total. The molecule has 0 unspecified atom stereocenters. The van der Waals surface area contributed by atoms with Crippen molar-refractivity contribution in [2.45, 2.75) is 38.3 Å². The number of nitrogens with zero attached hydrogens (tertiary/aromatic N) is 3. The molecular formula is C25H24FN5O7S. The Kier molecular flexibility index (Phi) is 7.78. The minimum absolute atomic E-state index is 0.0694. The summed E-state index contributed by atoms with van der Waals surface area (Å²) in [5, 5.41) is 18.4. The zero-order valence-electron chi connectivity index (χ0n) is 21.0. The van der Waals surface area contributed by atoms with E-state index in [2.05, 4.69) is 15.1 Å². The van der Waals surface area contributed by atoms with Crippen LogP contribution in [0.2, 0.25) is 0 Å². The topological polar surface area (TPSA) is 159 Å². The standard InChI is InChI=1S/C25H24FN5O7S/c1-15(2)29-39(35,36)22-13-19(31(33)34)9-10-21(22)38-25-16(3)23(24(32)27-14-20-8-5-11-37-20)28-30(25)18-7-4-6-17(26)12-18/h4-13,15,29H,14H2,1-3H3,(H,27,32). The molecule has 0 bridgehead atoms. The summed E-state index contributed by atoms with van der Waals surface area (Å²) in [5.41, 5.74) is -0.160. The summed E-state index contributed by atoms with van der Waals surface area (Å²) in [7, 11) is -4.27. The van der Waals surface area contributed by atoms with Crippen molar-refractivity contribution >= 4 is 21.6 Å². The number of hydrogen-bond donors (Lipinski definition) is 2. The number of rotatable bonds is 10. The highest BCUT2D eigenvalue weighted by Crippen LogP contribution is 2.36. The lowest BCUT2D eigenvalue weighted by atomic mass is 10.2. The van der Waals surface area contributed by atoms with Gasteiger partial charge in [0.25, 0.3) is 11.6 Å². The van der Waals surface area contributed by atoms with E-state index in [0.29, 0.717) is 5.76 Å². The number of carbonyl (C=O) groups is 1.